The van der Waals surface area contributed by atoms with Gasteiger partial charge >= 0.3 is 0 Å². The Bertz CT molecular complexity index is 992. The van der Waals surface area contributed by atoms with E-state index in [-0.39, 0.29) is 11.9 Å². The van der Waals surface area contributed by atoms with Crippen molar-refractivity contribution in [2.45, 2.75) is 37.4 Å². The first-order chi connectivity index (χ1) is 13.4. The Morgan fingerprint density at radius 3 is 2.54 bits per heavy atom. The minimum Gasteiger partial charge on any atom is -0.457 e. The summed E-state index contributed by atoms with van der Waals surface area (Å²) in [5.41, 5.74) is 0.948. The van der Waals surface area contributed by atoms with Crippen LogP contribution in [0.3, 0.4) is 0 Å². The summed E-state index contributed by atoms with van der Waals surface area (Å²) in [5.74, 6) is 0.871. The second-order valence-electron chi connectivity index (χ2n) is 7.40. The number of anilines is 1. The summed E-state index contributed by atoms with van der Waals surface area (Å²) in [6, 6.07) is 14.7. The predicted molar refractivity (Wildman–Crippen MR) is 107 cm³/mol. The largest absolute Gasteiger partial charge is 0.457 e. The maximum Gasteiger partial charge on any atom is 0.251 e. The van der Waals surface area contributed by atoms with Crippen molar-refractivity contribution in [3.63, 3.8) is 0 Å². The Labute approximate surface area is 164 Å². The molecule has 2 heterocycles. The molecule has 2 aromatic carbocycles. The van der Waals surface area contributed by atoms with E-state index in [0.29, 0.717) is 34.8 Å². The van der Waals surface area contributed by atoms with E-state index >= 15 is 0 Å². The molecule has 7 nitrogen and oxygen atoms in total. The molecule has 2 bridgehead atoms. The van der Waals surface area contributed by atoms with Gasteiger partial charge in [0, 0.05) is 29.8 Å². The molecule has 0 aliphatic carbocycles. The Morgan fingerprint density at radius 2 is 1.86 bits per heavy atom. The molecule has 1 amide bonds. The van der Waals surface area contributed by atoms with Gasteiger partial charge in [-0.05, 0) is 49.6 Å². The van der Waals surface area contributed by atoms with E-state index in [2.05, 4.69) is 15.4 Å². The van der Waals surface area contributed by atoms with Crippen molar-refractivity contribution in [2.24, 2.45) is 0 Å². The summed E-state index contributed by atoms with van der Waals surface area (Å²) >= 11 is 0. The molecule has 2 fully saturated rings. The van der Waals surface area contributed by atoms with Gasteiger partial charge in [0.1, 0.15) is 11.5 Å². The van der Waals surface area contributed by atoms with Crippen molar-refractivity contribution in [3.05, 3.63) is 54.1 Å². The predicted octanol–water partition coefficient (Wildman–Crippen LogP) is 2.47. The summed E-state index contributed by atoms with van der Waals surface area (Å²) in [6.07, 6.45) is 4.37. The molecule has 0 spiro atoms. The summed E-state index contributed by atoms with van der Waals surface area (Å²) in [6.45, 7) is 0. The highest BCUT2D eigenvalue weighted by Crippen LogP contribution is 2.29. The first kappa shape index (κ1) is 18.8. The summed E-state index contributed by atoms with van der Waals surface area (Å²) < 4.78 is 31.0. The molecule has 0 radical (unpaired) electrons. The molecule has 0 unspecified atom stereocenters. The molecule has 0 saturated carbocycles. The van der Waals surface area contributed by atoms with Gasteiger partial charge in [0.25, 0.3) is 5.91 Å². The molecule has 2 aromatic rings. The van der Waals surface area contributed by atoms with E-state index in [1.54, 1.807) is 48.5 Å². The van der Waals surface area contributed by atoms with E-state index < -0.39 is 10.0 Å². The first-order valence-electron chi connectivity index (χ1n) is 9.28. The van der Waals surface area contributed by atoms with Crippen molar-refractivity contribution in [1.82, 2.24) is 10.6 Å². The second kappa shape index (κ2) is 7.44. The summed E-state index contributed by atoms with van der Waals surface area (Å²) in [4.78, 5) is 12.6. The standard InChI is InChI=1S/C20H23N3O4S/c1-28(25,26)23-15-5-3-7-17(11-15)27-16-6-2-4-13(10-16)20(24)22-19-12-14-8-9-18(19)21-14/h2-7,10-11,14,18-19,21,23H,8-9,12H2,1H3,(H,22,24)/t14-,18+,19-/m1/s1. The van der Waals surface area contributed by atoms with Crippen LogP contribution in [0.2, 0.25) is 0 Å². The molecule has 0 aromatic heterocycles. The second-order valence-corrected chi connectivity index (χ2v) is 9.14. The lowest BCUT2D eigenvalue weighted by Gasteiger charge is -2.21. The molecule has 3 N–H and O–H groups in total. The number of benzene rings is 2. The van der Waals surface area contributed by atoms with Crippen molar-refractivity contribution in [1.29, 1.82) is 0 Å². The molecule has 8 heteroatoms. The topological polar surface area (TPSA) is 96.5 Å². The highest BCUT2D eigenvalue weighted by atomic mass is 32.2. The number of carbonyl (C=O) groups is 1. The smallest absolute Gasteiger partial charge is 0.251 e. The number of hydrogen-bond acceptors (Lipinski definition) is 5. The van der Waals surface area contributed by atoms with Gasteiger partial charge in [0.15, 0.2) is 0 Å². The minimum atomic E-state index is -3.36. The van der Waals surface area contributed by atoms with Crippen molar-refractivity contribution in [2.75, 3.05) is 11.0 Å². The lowest BCUT2D eigenvalue weighted by atomic mass is 9.95. The Balaban J connectivity index is 1.44. The van der Waals surface area contributed by atoms with Crippen molar-refractivity contribution in [3.8, 4) is 11.5 Å². The van der Waals surface area contributed by atoms with Crippen LogP contribution >= 0.6 is 0 Å². The third-order valence-corrected chi connectivity index (χ3v) is 5.69. The fourth-order valence-electron chi connectivity index (χ4n) is 3.91. The summed E-state index contributed by atoms with van der Waals surface area (Å²) in [5, 5.41) is 6.63. The van der Waals surface area contributed by atoms with Crippen LogP contribution in [0.25, 0.3) is 0 Å². The van der Waals surface area contributed by atoms with Gasteiger partial charge in [0.2, 0.25) is 10.0 Å². The van der Waals surface area contributed by atoms with E-state index in [0.717, 1.165) is 19.1 Å². The number of sulfonamides is 1. The van der Waals surface area contributed by atoms with Gasteiger partial charge in [-0.1, -0.05) is 12.1 Å². The van der Waals surface area contributed by atoms with Crippen LogP contribution in [0.1, 0.15) is 29.6 Å². The molecule has 4 rings (SSSR count). The average molecular weight is 401 g/mol. The molecule has 2 aliphatic rings. The molecule has 148 valence electrons. The minimum absolute atomic E-state index is 0.114. The molecule has 3 atom stereocenters. The molecule has 28 heavy (non-hydrogen) atoms. The van der Waals surface area contributed by atoms with Gasteiger partial charge in [-0.15, -0.1) is 0 Å². The monoisotopic (exact) mass is 401 g/mol. The first-order valence-corrected chi connectivity index (χ1v) is 11.2. The maximum absolute atomic E-state index is 12.6. The van der Waals surface area contributed by atoms with Crippen LogP contribution in [-0.4, -0.2) is 38.7 Å². The zero-order valence-electron chi connectivity index (χ0n) is 15.5. The number of ether oxygens (including phenoxy) is 1. The van der Waals surface area contributed by atoms with E-state index in [9.17, 15) is 13.2 Å². The number of carbonyl (C=O) groups excluding carboxylic acids is 1. The van der Waals surface area contributed by atoms with Gasteiger partial charge in [-0.2, -0.15) is 0 Å². The van der Waals surface area contributed by atoms with Crippen LogP contribution < -0.4 is 20.1 Å². The van der Waals surface area contributed by atoms with Crippen molar-refractivity contribution < 1.29 is 17.9 Å². The average Bonchev–Trinajstić information content (AvgIpc) is 3.24. The van der Waals surface area contributed by atoms with E-state index in [4.69, 9.17) is 4.74 Å². The van der Waals surface area contributed by atoms with Crippen LogP contribution in [0.5, 0.6) is 11.5 Å². The third kappa shape index (κ3) is 4.45. The van der Waals surface area contributed by atoms with Crippen molar-refractivity contribution >= 4 is 21.6 Å². The lowest BCUT2D eigenvalue weighted by molar-refractivity contribution is 0.0930. The number of fused-ring (bicyclic) bond motifs is 2. The Kier molecular flexibility index (Phi) is 4.99. The number of nitrogens with one attached hydrogen (secondary N) is 3. The maximum atomic E-state index is 12.6. The highest BCUT2D eigenvalue weighted by molar-refractivity contribution is 7.92. The molecule has 2 saturated heterocycles. The third-order valence-electron chi connectivity index (χ3n) is 5.09. The molecular formula is C20H23N3O4S. The zero-order valence-corrected chi connectivity index (χ0v) is 16.3. The number of amides is 1. The summed E-state index contributed by atoms with van der Waals surface area (Å²) in [7, 11) is -3.36. The van der Waals surface area contributed by atoms with Crippen LogP contribution in [0.15, 0.2) is 48.5 Å². The SMILES string of the molecule is CS(=O)(=O)Nc1cccc(Oc2cccc(C(=O)N[C@@H]3C[C@H]4CC[C@@H]3N4)c2)c1. The lowest BCUT2D eigenvalue weighted by Crippen LogP contribution is -2.42. The van der Waals surface area contributed by atoms with E-state index in [1.165, 1.54) is 6.42 Å². The van der Waals surface area contributed by atoms with Crippen LogP contribution in [0.4, 0.5) is 5.69 Å². The van der Waals surface area contributed by atoms with Gasteiger partial charge < -0.3 is 15.4 Å². The van der Waals surface area contributed by atoms with Crippen LogP contribution in [-0.2, 0) is 10.0 Å². The Morgan fingerprint density at radius 1 is 1.11 bits per heavy atom. The van der Waals surface area contributed by atoms with Crippen LogP contribution in [0, 0.1) is 0 Å². The van der Waals surface area contributed by atoms with Gasteiger partial charge in [0.05, 0.1) is 11.9 Å². The normalized spacial score (nSPS) is 23.4. The number of hydrogen-bond donors (Lipinski definition) is 3. The fourth-order valence-corrected chi connectivity index (χ4v) is 4.46. The van der Waals surface area contributed by atoms with Gasteiger partial charge in [-0.3, -0.25) is 9.52 Å². The van der Waals surface area contributed by atoms with Gasteiger partial charge in [-0.25, -0.2) is 8.42 Å². The number of rotatable bonds is 6. The highest BCUT2D eigenvalue weighted by Gasteiger charge is 2.39. The zero-order chi connectivity index (χ0) is 19.7. The quantitative estimate of drug-likeness (QED) is 0.691. The Hall–Kier alpha value is -2.58. The molecule has 2 aliphatic heterocycles. The molecular weight excluding hydrogens is 378 g/mol. The van der Waals surface area contributed by atoms with E-state index in [1.807, 2.05) is 0 Å². The fraction of sp³-hybridized carbons (Fsp3) is 0.350.